The zero-order valence-electron chi connectivity index (χ0n) is 8.91. The van der Waals surface area contributed by atoms with Crippen molar-refractivity contribution < 1.29 is 9.59 Å². The van der Waals surface area contributed by atoms with Crippen LogP contribution in [-0.2, 0) is 11.3 Å². The second-order valence-electron chi connectivity index (χ2n) is 4.11. The Kier molecular flexibility index (Phi) is 2.67. The number of hydrogen-bond donors (Lipinski definition) is 1. The second-order valence-corrected chi connectivity index (χ2v) is 5.91. The first-order valence-corrected chi connectivity index (χ1v) is 5.98. The van der Waals surface area contributed by atoms with Gasteiger partial charge >= 0.3 is 6.03 Å². The Labute approximate surface area is 102 Å². The van der Waals surface area contributed by atoms with Gasteiger partial charge in [0.15, 0.2) is 0 Å². The molecule has 1 aromatic rings. The van der Waals surface area contributed by atoms with Crippen LogP contribution >= 0.6 is 22.9 Å². The van der Waals surface area contributed by atoms with Gasteiger partial charge in [-0.1, -0.05) is 11.6 Å². The highest BCUT2D eigenvalue weighted by atomic mass is 35.5. The molecule has 2 heterocycles. The normalized spacial score (nSPS) is 19.1. The summed E-state index contributed by atoms with van der Waals surface area (Å²) in [6.45, 7) is 3.85. The van der Waals surface area contributed by atoms with Crippen molar-refractivity contribution in [3.8, 4) is 0 Å². The molecule has 1 saturated heterocycles. The van der Waals surface area contributed by atoms with Crippen LogP contribution in [-0.4, -0.2) is 22.4 Å². The van der Waals surface area contributed by atoms with Gasteiger partial charge < -0.3 is 4.90 Å². The van der Waals surface area contributed by atoms with Crippen LogP contribution in [0.4, 0.5) is 4.79 Å². The molecule has 86 valence electrons. The molecule has 1 fully saturated rings. The maximum absolute atomic E-state index is 11.6. The fraction of sp³-hybridized carbons (Fsp3) is 0.400. The van der Waals surface area contributed by atoms with E-state index in [-0.39, 0.29) is 11.9 Å². The number of thiophene rings is 1. The van der Waals surface area contributed by atoms with Gasteiger partial charge in [0.1, 0.15) is 5.54 Å². The van der Waals surface area contributed by atoms with Crippen molar-refractivity contribution in [3.63, 3.8) is 0 Å². The van der Waals surface area contributed by atoms with Crippen LogP contribution in [0.3, 0.4) is 0 Å². The van der Waals surface area contributed by atoms with Gasteiger partial charge in [0, 0.05) is 4.88 Å². The number of hydrogen-bond acceptors (Lipinski definition) is 3. The van der Waals surface area contributed by atoms with E-state index in [9.17, 15) is 9.59 Å². The summed E-state index contributed by atoms with van der Waals surface area (Å²) in [6, 6.07) is 3.29. The minimum Gasteiger partial charge on any atom is -0.305 e. The van der Waals surface area contributed by atoms with Crippen LogP contribution < -0.4 is 5.32 Å². The first-order valence-electron chi connectivity index (χ1n) is 4.78. The molecular weight excluding hydrogens is 248 g/mol. The molecule has 0 spiro atoms. The van der Waals surface area contributed by atoms with Crippen LogP contribution in [0.25, 0.3) is 0 Å². The monoisotopic (exact) mass is 258 g/mol. The van der Waals surface area contributed by atoms with Gasteiger partial charge in [-0.2, -0.15) is 0 Å². The van der Waals surface area contributed by atoms with Crippen LogP contribution in [0.15, 0.2) is 12.1 Å². The molecule has 1 aromatic heterocycles. The van der Waals surface area contributed by atoms with Crippen molar-refractivity contribution in [2.45, 2.75) is 25.9 Å². The van der Waals surface area contributed by atoms with Gasteiger partial charge in [0.25, 0.3) is 5.91 Å². The highest BCUT2D eigenvalue weighted by molar-refractivity contribution is 7.16. The maximum Gasteiger partial charge on any atom is 0.325 e. The summed E-state index contributed by atoms with van der Waals surface area (Å²) in [4.78, 5) is 25.6. The lowest BCUT2D eigenvalue weighted by Gasteiger charge is -2.27. The Morgan fingerprint density at radius 1 is 1.44 bits per heavy atom. The molecule has 0 radical (unpaired) electrons. The van der Waals surface area contributed by atoms with Crippen LogP contribution in [0, 0.1) is 0 Å². The third kappa shape index (κ3) is 1.81. The number of nitrogens with zero attached hydrogens (tertiary/aromatic N) is 1. The molecule has 1 aliphatic heterocycles. The molecule has 16 heavy (non-hydrogen) atoms. The Bertz CT molecular complexity index is 455. The van der Waals surface area contributed by atoms with Gasteiger partial charge in [-0.15, -0.1) is 11.3 Å². The van der Waals surface area contributed by atoms with Gasteiger partial charge in [0.2, 0.25) is 0 Å². The van der Waals surface area contributed by atoms with Gasteiger partial charge in [-0.3, -0.25) is 10.1 Å². The Balaban J connectivity index is 2.21. The predicted octanol–water partition coefficient (Wildman–Crippen LogP) is 2.23. The second kappa shape index (κ2) is 3.75. The number of urea groups is 1. The summed E-state index contributed by atoms with van der Waals surface area (Å²) < 4.78 is 0.679. The topological polar surface area (TPSA) is 49.4 Å². The van der Waals surface area contributed by atoms with E-state index in [1.165, 1.54) is 16.2 Å². The third-order valence-electron chi connectivity index (χ3n) is 2.64. The van der Waals surface area contributed by atoms with Gasteiger partial charge in [0.05, 0.1) is 10.9 Å². The molecule has 0 saturated carbocycles. The molecule has 3 amide bonds. The number of rotatable bonds is 2. The average molecular weight is 259 g/mol. The summed E-state index contributed by atoms with van der Waals surface area (Å²) >= 11 is 7.23. The Morgan fingerprint density at radius 3 is 2.56 bits per heavy atom. The molecule has 0 atom stereocenters. The van der Waals surface area contributed by atoms with Gasteiger partial charge in [-0.05, 0) is 26.0 Å². The van der Waals surface area contributed by atoms with Crippen molar-refractivity contribution in [1.29, 1.82) is 0 Å². The fourth-order valence-corrected chi connectivity index (χ4v) is 2.63. The number of nitrogens with one attached hydrogen (secondary N) is 1. The minimum atomic E-state index is -0.798. The van der Waals surface area contributed by atoms with Crippen molar-refractivity contribution in [2.75, 3.05) is 0 Å². The van der Waals surface area contributed by atoms with E-state index < -0.39 is 5.54 Å². The molecule has 2 rings (SSSR count). The largest absolute Gasteiger partial charge is 0.325 e. The highest BCUT2D eigenvalue weighted by Crippen LogP contribution is 2.28. The standard InChI is InChI=1S/C10H11ClN2O2S/c1-10(2)8(14)12-9(15)13(10)5-6-3-4-7(11)16-6/h3-4H,5H2,1-2H3,(H,12,14,15). The smallest absolute Gasteiger partial charge is 0.305 e. The third-order valence-corrected chi connectivity index (χ3v) is 3.85. The molecule has 4 nitrogen and oxygen atoms in total. The lowest BCUT2D eigenvalue weighted by atomic mass is 10.0. The molecule has 1 aliphatic rings. The number of carbonyl (C=O) groups is 2. The number of imide groups is 1. The van der Waals surface area contributed by atoms with E-state index in [1.807, 2.05) is 6.07 Å². The number of halogens is 1. The summed E-state index contributed by atoms with van der Waals surface area (Å²) in [6.07, 6.45) is 0. The van der Waals surface area contributed by atoms with E-state index >= 15 is 0 Å². The van der Waals surface area contributed by atoms with Crippen molar-refractivity contribution >= 4 is 34.9 Å². The Morgan fingerprint density at radius 2 is 2.12 bits per heavy atom. The van der Waals surface area contributed by atoms with Crippen LogP contribution in [0.1, 0.15) is 18.7 Å². The lowest BCUT2D eigenvalue weighted by molar-refractivity contribution is -0.125. The van der Waals surface area contributed by atoms with E-state index in [0.717, 1.165) is 4.88 Å². The zero-order chi connectivity index (χ0) is 11.9. The van der Waals surface area contributed by atoms with E-state index in [0.29, 0.717) is 10.9 Å². The Hall–Kier alpha value is -1.07. The molecule has 1 N–H and O–H groups in total. The maximum atomic E-state index is 11.6. The minimum absolute atomic E-state index is 0.264. The highest BCUT2D eigenvalue weighted by Gasteiger charge is 2.45. The molecule has 6 heteroatoms. The molecule has 0 aliphatic carbocycles. The molecular formula is C10H11ClN2O2S. The fourth-order valence-electron chi connectivity index (χ4n) is 1.56. The average Bonchev–Trinajstić information content (AvgIpc) is 2.66. The summed E-state index contributed by atoms with van der Waals surface area (Å²) in [5.41, 5.74) is -0.798. The molecule has 0 unspecified atom stereocenters. The molecule has 0 aromatic carbocycles. The zero-order valence-corrected chi connectivity index (χ0v) is 10.5. The summed E-state index contributed by atoms with van der Waals surface area (Å²) in [7, 11) is 0. The SMILES string of the molecule is CC1(C)C(=O)NC(=O)N1Cc1ccc(Cl)s1. The van der Waals surface area contributed by atoms with Crippen molar-refractivity contribution in [3.05, 3.63) is 21.3 Å². The quantitative estimate of drug-likeness (QED) is 0.827. The van der Waals surface area contributed by atoms with Crippen molar-refractivity contribution in [1.82, 2.24) is 10.2 Å². The summed E-state index contributed by atoms with van der Waals surface area (Å²) in [5, 5.41) is 2.30. The van der Waals surface area contributed by atoms with Gasteiger partial charge in [-0.25, -0.2) is 4.79 Å². The van der Waals surface area contributed by atoms with E-state index in [4.69, 9.17) is 11.6 Å². The van der Waals surface area contributed by atoms with Crippen LogP contribution in [0.2, 0.25) is 4.34 Å². The van der Waals surface area contributed by atoms with Crippen molar-refractivity contribution in [2.24, 2.45) is 0 Å². The lowest BCUT2D eigenvalue weighted by Crippen LogP contribution is -2.43. The number of carbonyl (C=O) groups excluding carboxylic acids is 2. The summed E-state index contributed by atoms with van der Waals surface area (Å²) in [5.74, 6) is -0.264. The van der Waals surface area contributed by atoms with E-state index in [2.05, 4.69) is 5.32 Å². The molecule has 0 bridgehead atoms. The number of amides is 3. The van der Waals surface area contributed by atoms with Crippen LogP contribution in [0.5, 0.6) is 0 Å². The first kappa shape index (κ1) is 11.4. The first-order chi connectivity index (χ1) is 7.41. The predicted molar refractivity (Wildman–Crippen MR) is 62.5 cm³/mol. The van der Waals surface area contributed by atoms with E-state index in [1.54, 1.807) is 19.9 Å².